The number of hydrogen-bond donors (Lipinski definition) is 0. The second-order valence-corrected chi connectivity index (χ2v) is 6.77. The van der Waals surface area contributed by atoms with E-state index in [0.717, 1.165) is 17.9 Å². The van der Waals surface area contributed by atoms with E-state index in [0.29, 0.717) is 0 Å². The zero-order chi connectivity index (χ0) is 15.2. The highest BCUT2D eigenvalue weighted by Gasteiger charge is 2.12. The van der Waals surface area contributed by atoms with Gasteiger partial charge in [-0.25, -0.2) is 4.98 Å². The Balaban J connectivity index is 1.76. The Kier molecular flexibility index (Phi) is 5.28. The summed E-state index contributed by atoms with van der Waals surface area (Å²) in [5, 5.41) is 2.13. The van der Waals surface area contributed by atoms with Gasteiger partial charge in [0, 0.05) is 6.54 Å². The van der Waals surface area contributed by atoms with Crippen LogP contribution in [0, 0.1) is 0 Å². The lowest BCUT2D eigenvalue weighted by atomic mass is 10.1. The zero-order valence-corrected chi connectivity index (χ0v) is 14.1. The molecular formula is C19H24N2S. The molecule has 0 atom stereocenters. The molecule has 0 amide bonds. The summed E-state index contributed by atoms with van der Waals surface area (Å²) in [7, 11) is 0. The molecule has 2 nitrogen and oxygen atoms in total. The van der Waals surface area contributed by atoms with E-state index in [2.05, 4.69) is 53.3 Å². The number of aromatic nitrogens is 2. The van der Waals surface area contributed by atoms with Crippen molar-refractivity contribution in [3.8, 4) is 10.7 Å². The smallest absolute Gasteiger partial charge is 0.151 e. The van der Waals surface area contributed by atoms with E-state index >= 15 is 0 Å². The topological polar surface area (TPSA) is 17.8 Å². The molecule has 0 aliphatic carbocycles. The van der Waals surface area contributed by atoms with Crippen LogP contribution in [-0.4, -0.2) is 9.55 Å². The maximum absolute atomic E-state index is 4.86. The Hall–Kier alpha value is -1.61. The highest BCUT2D eigenvalue weighted by molar-refractivity contribution is 7.13. The van der Waals surface area contributed by atoms with Crippen molar-refractivity contribution < 1.29 is 0 Å². The number of aryl methyl sites for hydroxylation is 1. The summed E-state index contributed by atoms with van der Waals surface area (Å²) in [5.74, 6) is 1.13. The fourth-order valence-electron chi connectivity index (χ4n) is 2.95. The molecule has 0 saturated carbocycles. The summed E-state index contributed by atoms with van der Waals surface area (Å²) in [6.45, 7) is 3.34. The van der Waals surface area contributed by atoms with Gasteiger partial charge in [0.15, 0.2) is 5.82 Å². The first kappa shape index (κ1) is 15.3. The molecular weight excluding hydrogens is 288 g/mol. The average molecular weight is 312 g/mol. The Morgan fingerprint density at radius 2 is 1.77 bits per heavy atom. The third-order valence-electron chi connectivity index (χ3n) is 4.13. The van der Waals surface area contributed by atoms with E-state index in [1.807, 2.05) is 0 Å². The minimum absolute atomic E-state index is 1.07. The molecule has 0 aliphatic heterocycles. The number of fused-ring (bicyclic) bond motifs is 1. The molecule has 2 heterocycles. The van der Waals surface area contributed by atoms with Gasteiger partial charge in [-0.2, -0.15) is 0 Å². The molecule has 0 N–H and O–H groups in total. The second kappa shape index (κ2) is 7.59. The van der Waals surface area contributed by atoms with Crippen LogP contribution in [0.3, 0.4) is 0 Å². The number of hydrogen-bond acceptors (Lipinski definition) is 2. The van der Waals surface area contributed by atoms with E-state index in [4.69, 9.17) is 4.98 Å². The molecule has 3 rings (SSSR count). The van der Waals surface area contributed by atoms with E-state index in [-0.39, 0.29) is 0 Å². The van der Waals surface area contributed by atoms with Crippen molar-refractivity contribution in [2.45, 2.75) is 52.0 Å². The molecule has 0 bridgehead atoms. The third kappa shape index (κ3) is 3.41. The van der Waals surface area contributed by atoms with E-state index in [9.17, 15) is 0 Å². The maximum atomic E-state index is 4.86. The maximum Gasteiger partial charge on any atom is 0.151 e. The molecule has 116 valence electrons. The fraction of sp³-hybridized carbons (Fsp3) is 0.421. The normalized spacial score (nSPS) is 11.3. The van der Waals surface area contributed by atoms with Crippen molar-refractivity contribution in [3.63, 3.8) is 0 Å². The zero-order valence-electron chi connectivity index (χ0n) is 13.3. The van der Waals surface area contributed by atoms with Crippen molar-refractivity contribution in [3.05, 3.63) is 41.8 Å². The lowest BCUT2D eigenvalue weighted by molar-refractivity contribution is 0.566. The molecule has 1 aromatic carbocycles. The van der Waals surface area contributed by atoms with Gasteiger partial charge in [0.25, 0.3) is 0 Å². The monoisotopic (exact) mass is 312 g/mol. The van der Waals surface area contributed by atoms with Crippen molar-refractivity contribution in [1.82, 2.24) is 9.55 Å². The number of rotatable bonds is 8. The number of thiophene rings is 1. The molecule has 3 aromatic rings. The van der Waals surface area contributed by atoms with E-state index in [1.54, 1.807) is 11.3 Å². The summed E-state index contributed by atoms with van der Waals surface area (Å²) in [5.41, 5.74) is 2.37. The largest absolute Gasteiger partial charge is 0.323 e. The van der Waals surface area contributed by atoms with Crippen molar-refractivity contribution in [2.75, 3.05) is 0 Å². The van der Waals surface area contributed by atoms with Crippen molar-refractivity contribution >= 4 is 22.4 Å². The van der Waals surface area contributed by atoms with Crippen molar-refractivity contribution in [1.29, 1.82) is 0 Å². The summed E-state index contributed by atoms with van der Waals surface area (Å²) in [6.07, 6.45) is 7.97. The summed E-state index contributed by atoms with van der Waals surface area (Å²) < 4.78 is 2.40. The predicted molar refractivity (Wildman–Crippen MR) is 96.4 cm³/mol. The number of imidazole rings is 1. The first-order valence-electron chi connectivity index (χ1n) is 8.39. The molecule has 0 aliphatic rings. The molecule has 0 fully saturated rings. The average Bonchev–Trinajstić information content (AvgIpc) is 3.18. The highest BCUT2D eigenvalue weighted by Crippen LogP contribution is 2.28. The standard InChI is InChI=1S/C19H24N2S/c1-2-3-4-5-6-9-14-21-17-12-8-7-11-16(17)20-19(21)18-13-10-15-22-18/h7-8,10-13,15H,2-6,9,14H2,1H3. The lowest BCUT2D eigenvalue weighted by Gasteiger charge is -2.08. The van der Waals surface area contributed by atoms with Gasteiger partial charge in [0.05, 0.1) is 15.9 Å². The van der Waals surface area contributed by atoms with Crippen molar-refractivity contribution in [2.24, 2.45) is 0 Å². The van der Waals surface area contributed by atoms with E-state index in [1.165, 1.54) is 48.9 Å². The van der Waals surface area contributed by atoms with Gasteiger partial charge in [0.1, 0.15) is 0 Å². The second-order valence-electron chi connectivity index (χ2n) is 5.82. The van der Waals surface area contributed by atoms with Gasteiger partial charge >= 0.3 is 0 Å². The van der Waals surface area contributed by atoms with Gasteiger partial charge in [-0.05, 0) is 30.0 Å². The Labute approximate surface area is 136 Å². The first-order chi connectivity index (χ1) is 10.9. The fourth-order valence-corrected chi connectivity index (χ4v) is 3.67. The Morgan fingerprint density at radius 1 is 0.955 bits per heavy atom. The van der Waals surface area contributed by atoms with Gasteiger partial charge in [-0.15, -0.1) is 11.3 Å². The SMILES string of the molecule is CCCCCCCCn1c(-c2cccs2)nc2ccccc21. The van der Waals surface area contributed by atoms with Crippen LogP contribution < -0.4 is 0 Å². The number of unbranched alkanes of at least 4 members (excludes halogenated alkanes) is 5. The summed E-state index contributed by atoms with van der Waals surface area (Å²) >= 11 is 1.77. The van der Waals surface area contributed by atoms with Crippen LogP contribution in [0.25, 0.3) is 21.7 Å². The van der Waals surface area contributed by atoms with Gasteiger partial charge < -0.3 is 4.57 Å². The Bertz CT molecular complexity index is 697. The van der Waals surface area contributed by atoms with Crippen LogP contribution in [0.5, 0.6) is 0 Å². The van der Waals surface area contributed by atoms with Gasteiger partial charge in [0.2, 0.25) is 0 Å². The van der Waals surface area contributed by atoms with Crippen LogP contribution >= 0.6 is 11.3 Å². The molecule has 0 radical (unpaired) electrons. The van der Waals surface area contributed by atoms with Crippen LogP contribution in [0.4, 0.5) is 0 Å². The molecule has 3 heteroatoms. The van der Waals surface area contributed by atoms with Crippen LogP contribution in [0.1, 0.15) is 45.4 Å². The minimum Gasteiger partial charge on any atom is -0.323 e. The number of benzene rings is 1. The van der Waals surface area contributed by atoms with Gasteiger partial charge in [-0.1, -0.05) is 57.2 Å². The van der Waals surface area contributed by atoms with Gasteiger partial charge in [-0.3, -0.25) is 0 Å². The van der Waals surface area contributed by atoms with Crippen LogP contribution in [-0.2, 0) is 6.54 Å². The highest BCUT2D eigenvalue weighted by atomic mass is 32.1. The summed E-state index contributed by atoms with van der Waals surface area (Å²) in [6, 6.07) is 12.8. The van der Waals surface area contributed by atoms with E-state index < -0.39 is 0 Å². The summed E-state index contributed by atoms with van der Waals surface area (Å²) in [4.78, 5) is 6.12. The Morgan fingerprint density at radius 3 is 2.59 bits per heavy atom. The number of para-hydroxylation sites is 2. The molecule has 2 aromatic heterocycles. The van der Waals surface area contributed by atoms with Crippen LogP contribution in [0.15, 0.2) is 41.8 Å². The lowest BCUT2D eigenvalue weighted by Crippen LogP contribution is -2.00. The molecule has 0 unspecified atom stereocenters. The molecule has 22 heavy (non-hydrogen) atoms. The number of nitrogens with zero attached hydrogens (tertiary/aromatic N) is 2. The minimum atomic E-state index is 1.07. The van der Waals surface area contributed by atoms with Crippen LogP contribution in [0.2, 0.25) is 0 Å². The predicted octanol–water partition coefficient (Wildman–Crippen LogP) is 6.13. The third-order valence-corrected chi connectivity index (χ3v) is 5.00. The quantitative estimate of drug-likeness (QED) is 0.458. The first-order valence-corrected chi connectivity index (χ1v) is 9.27. The molecule has 0 spiro atoms. The molecule has 0 saturated heterocycles.